The van der Waals surface area contributed by atoms with E-state index in [0.717, 1.165) is 84.0 Å². The Labute approximate surface area is 236 Å². The van der Waals surface area contributed by atoms with Crippen LogP contribution >= 0.6 is 0 Å². The minimum atomic E-state index is -0.0497. The van der Waals surface area contributed by atoms with Gasteiger partial charge < -0.3 is 20.1 Å². The summed E-state index contributed by atoms with van der Waals surface area (Å²) < 4.78 is 10.8. The first-order valence-corrected chi connectivity index (χ1v) is 16.4. The second kappa shape index (κ2) is 30.4. The van der Waals surface area contributed by atoms with E-state index < -0.39 is 0 Å². The number of carbonyl (C=O) groups excluding carboxylic acids is 2. The second-order valence-electron chi connectivity index (χ2n) is 10.9. The number of rotatable bonds is 30. The Hall–Kier alpha value is -1.14. The van der Waals surface area contributed by atoms with E-state index in [2.05, 4.69) is 18.7 Å². The number of nitrogens with zero attached hydrogens (tertiary/aromatic N) is 1. The zero-order valence-corrected chi connectivity index (χ0v) is 25.5. The smallest absolute Gasteiger partial charge is 0.305 e. The highest BCUT2D eigenvalue weighted by atomic mass is 16.5. The molecule has 2 N–H and O–H groups in total. The summed E-state index contributed by atoms with van der Waals surface area (Å²) in [6.45, 7) is 9.45. The maximum Gasteiger partial charge on any atom is 0.305 e. The largest absolute Gasteiger partial charge is 0.466 e. The molecule has 6 heteroatoms. The van der Waals surface area contributed by atoms with Gasteiger partial charge in [-0.25, -0.2) is 0 Å². The highest BCUT2D eigenvalue weighted by Crippen LogP contribution is 2.10. The molecule has 0 aromatic heterocycles. The quantitative estimate of drug-likeness (QED) is 0.0735. The standard InChI is InChI=1S/C32H64N2O4/c1-3-5-7-9-13-21-29-37-31(35)23-15-19-27-34(26-18-12-11-17-25-33)28-20-16-24-32(36)38-30-22-14-10-8-6-4-2/h3-30,33H2,1-2H3. The van der Waals surface area contributed by atoms with Crippen LogP contribution in [0.15, 0.2) is 0 Å². The maximum atomic E-state index is 12.0. The van der Waals surface area contributed by atoms with Crippen LogP contribution in [0.1, 0.15) is 155 Å². The van der Waals surface area contributed by atoms with Gasteiger partial charge in [0.25, 0.3) is 0 Å². The molecule has 0 heterocycles. The van der Waals surface area contributed by atoms with Gasteiger partial charge in [0, 0.05) is 12.8 Å². The summed E-state index contributed by atoms with van der Waals surface area (Å²) >= 11 is 0. The third-order valence-corrected chi connectivity index (χ3v) is 7.16. The van der Waals surface area contributed by atoms with Crippen LogP contribution in [0.5, 0.6) is 0 Å². The first-order chi connectivity index (χ1) is 18.6. The summed E-state index contributed by atoms with van der Waals surface area (Å²) in [6.07, 6.45) is 24.0. The molecule has 0 fully saturated rings. The molecule has 0 unspecified atom stereocenters. The van der Waals surface area contributed by atoms with E-state index in [1.165, 1.54) is 70.6 Å². The Kier molecular flexibility index (Phi) is 29.5. The molecule has 0 aliphatic heterocycles. The van der Waals surface area contributed by atoms with Gasteiger partial charge in [-0.05, 0) is 77.5 Å². The Bertz CT molecular complexity index is 478. The normalized spacial score (nSPS) is 11.3. The first kappa shape index (κ1) is 36.9. The van der Waals surface area contributed by atoms with E-state index in [1.54, 1.807) is 0 Å². The van der Waals surface area contributed by atoms with Crippen molar-refractivity contribution < 1.29 is 19.1 Å². The van der Waals surface area contributed by atoms with E-state index in [9.17, 15) is 9.59 Å². The summed E-state index contributed by atoms with van der Waals surface area (Å²) in [5, 5.41) is 0. The lowest BCUT2D eigenvalue weighted by Crippen LogP contribution is -2.27. The van der Waals surface area contributed by atoms with Crippen LogP contribution in [0.4, 0.5) is 0 Å². The molecule has 0 aliphatic rings. The van der Waals surface area contributed by atoms with Gasteiger partial charge in [0.05, 0.1) is 13.2 Å². The van der Waals surface area contributed by atoms with Crippen LogP contribution in [-0.4, -0.2) is 56.2 Å². The van der Waals surface area contributed by atoms with E-state index in [-0.39, 0.29) is 11.9 Å². The summed E-state index contributed by atoms with van der Waals surface area (Å²) in [4.78, 5) is 26.6. The number of carbonyl (C=O) groups is 2. The van der Waals surface area contributed by atoms with Gasteiger partial charge in [-0.2, -0.15) is 0 Å². The van der Waals surface area contributed by atoms with E-state index >= 15 is 0 Å². The zero-order chi connectivity index (χ0) is 27.9. The molecule has 0 rings (SSSR count). The maximum absolute atomic E-state index is 12.0. The summed E-state index contributed by atoms with van der Waals surface area (Å²) in [6, 6.07) is 0. The molecule has 6 nitrogen and oxygen atoms in total. The molecule has 0 saturated heterocycles. The zero-order valence-electron chi connectivity index (χ0n) is 25.5. The Morgan fingerprint density at radius 3 is 1.32 bits per heavy atom. The van der Waals surface area contributed by atoms with Crippen molar-refractivity contribution >= 4 is 11.9 Å². The Morgan fingerprint density at radius 2 is 0.868 bits per heavy atom. The van der Waals surface area contributed by atoms with Gasteiger partial charge in [-0.3, -0.25) is 9.59 Å². The lowest BCUT2D eigenvalue weighted by molar-refractivity contribution is -0.144. The third kappa shape index (κ3) is 27.9. The van der Waals surface area contributed by atoms with Gasteiger partial charge in [0.15, 0.2) is 0 Å². The Balaban J connectivity index is 3.98. The molecule has 0 aromatic rings. The number of nitrogens with two attached hydrogens (primary N) is 1. The molecular formula is C32H64N2O4. The average Bonchev–Trinajstić information content (AvgIpc) is 2.91. The molecule has 38 heavy (non-hydrogen) atoms. The van der Waals surface area contributed by atoms with Crippen molar-refractivity contribution in [3.63, 3.8) is 0 Å². The molecule has 0 atom stereocenters. The van der Waals surface area contributed by atoms with E-state index in [1.807, 2.05) is 0 Å². The summed E-state index contributed by atoms with van der Waals surface area (Å²) in [5.41, 5.74) is 5.62. The molecule has 0 aliphatic carbocycles. The van der Waals surface area contributed by atoms with Crippen molar-refractivity contribution in [2.24, 2.45) is 5.73 Å². The fourth-order valence-corrected chi connectivity index (χ4v) is 4.66. The molecular weight excluding hydrogens is 476 g/mol. The molecule has 226 valence electrons. The fourth-order valence-electron chi connectivity index (χ4n) is 4.66. The highest BCUT2D eigenvalue weighted by Gasteiger charge is 2.09. The molecule has 0 radical (unpaired) electrons. The van der Waals surface area contributed by atoms with Crippen molar-refractivity contribution in [2.75, 3.05) is 39.4 Å². The van der Waals surface area contributed by atoms with Gasteiger partial charge >= 0.3 is 11.9 Å². The second-order valence-corrected chi connectivity index (χ2v) is 10.9. The topological polar surface area (TPSA) is 81.9 Å². The van der Waals surface area contributed by atoms with Crippen LogP contribution < -0.4 is 5.73 Å². The number of hydrogen-bond donors (Lipinski definition) is 1. The van der Waals surface area contributed by atoms with Crippen molar-refractivity contribution in [1.29, 1.82) is 0 Å². The Morgan fingerprint density at radius 1 is 0.500 bits per heavy atom. The molecule has 0 amide bonds. The van der Waals surface area contributed by atoms with Crippen LogP contribution in [0.2, 0.25) is 0 Å². The van der Waals surface area contributed by atoms with Gasteiger partial charge in [0.2, 0.25) is 0 Å². The lowest BCUT2D eigenvalue weighted by atomic mass is 10.1. The number of esters is 2. The van der Waals surface area contributed by atoms with Crippen molar-refractivity contribution in [3.8, 4) is 0 Å². The van der Waals surface area contributed by atoms with E-state index in [0.29, 0.717) is 26.1 Å². The van der Waals surface area contributed by atoms with Gasteiger partial charge in [-0.1, -0.05) is 90.9 Å². The van der Waals surface area contributed by atoms with Gasteiger partial charge in [-0.15, -0.1) is 0 Å². The third-order valence-electron chi connectivity index (χ3n) is 7.16. The number of unbranched alkanes of at least 4 members (excludes halogenated alkanes) is 15. The van der Waals surface area contributed by atoms with Crippen molar-refractivity contribution in [3.05, 3.63) is 0 Å². The highest BCUT2D eigenvalue weighted by molar-refractivity contribution is 5.69. The van der Waals surface area contributed by atoms with Crippen LogP contribution in [0.3, 0.4) is 0 Å². The van der Waals surface area contributed by atoms with E-state index in [4.69, 9.17) is 15.2 Å². The first-order valence-electron chi connectivity index (χ1n) is 16.4. The fraction of sp³-hybridized carbons (Fsp3) is 0.938. The minimum absolute atomic E-state index is 0.0497. The predicted molar refractivity (Wildman–Crippen MR) is 160 cm³/mol. The predicted octanol–water partition coefficient (Wildman–Crippen LogP) is 7.96. The van der Waals surface area contributed by atoms with Crippen LogP contribution in [0.25, 0.3) is 0 Å². The molecule has 0 aromatic carbocycles. The van der Waals surface area contributed by atoms with Crippen LogP contribution in [0, 0.1) is 0 Å². The lowest BCUT2D eigenvalue weighted by Gasteiger charge is -2.22. The van der Waals surface area contributed by atoms with Crippen LogP contribution in [-0.2, 0) is 19.1 Å². The molecule has 0 bridgehead atoms. The SMILES string of the molecule is CCCCCCCCOC(=O)CCCCN(CCCCCCN)CCCCC(=O)OCCCCCCCC. The van der Waals surface area contributed by atoms with Gasteiger partial charge in [0.1, 0.15) is 0 Å². The summed E-state index contributed by atoms with van der Waals surface area (Å²) in [7, 11) is 0. The monoisotopic (exact) mass is 540 g/mol. The molecule has 0 spiro atoms. The number of hydrogen-bond acceptors (Lipinski definition) is 6. The van der Waals surface area contributed by atoms with Crippen molar-refractivity contribution in [2.45, 2.75) is 155 Å². The van der Waals surface area contributed by atoms with Crippen molar-refractivity contribution in [1.82, 2.24) is 4.90 Å². The number of ether oxygens (including phenoxy) is 2. The molecule has 0 saturated carbocycles. The summed E-state index contributed by atoms with van der Waals surface area (Å²) in [5.74, 6) is -0.0993. The average molecular weight is 541 g/mol. The minimum Gasteiger partial charge on any atom is -0.466 e.